The molecule has 0 spiro atoms. The highest BCUT2D eigenvalue weighted by Gasteiger charge is 2.18. The zero-order valence-corrected chi connectivity index (χ0v) is 15.8. The third kappa shape index (κ3) is 5.71. The molecule has 1 amide bonds. The van der Waals surface area contributed by atoms with Gasteiger partial charge in [0.1, 0.15) is 4.90 Å². The summed E-state index contributed by atoms with van der Waals surface area (Å²) in [6.07, 6.45) is 0.00852. The van der Waals surface area contributed by atoms with Crippen LogP contribution in [0.2, 0.25) is 10.0 Å². The maximum Gasteiger partial charge on any atom is 0.242 e. The van der Waals surface area contributed by atoms with E-state index >= 15 is 0 Å². The van der Waals surface area contributed by atoms with E-state index in [-0.39, 0.29) is 39.9 Å². The van der Waals surface area contributed by atoms with Gasteiger partial charge in [-0.05, 0) is 30.7 Å². The molecule has 0 radical (unpaired) electrons. The fourth-order valence-corrected chi connectivity index (χ4v) is 3.99. The minimum Gasteiger partial charge on any atom is -0.350 e. The number of hydrogen-bond donors (Lipinski definition) is 2. The molecular weight excluding hydrogens is 383 g/mol. The van der Waals surface area contributed by atoms with Crippen molar-refractivity contribution in [2.45, 2.75) is 24.3 Å². The molecule has 134 valence electrons. The Morgan fingerprint density at radius 2 is 1.80 bits per heavy atom. The van der Waals surface area contributed by atoms with Gasteiger partial charge in [0, 0.05) is 18.0 Å². The van der Waals surface area contributed by atoms with Crippen molar-refractivity contribution in [2.75, 3.05) is 6.54 Å². The molecule has 0 heterocycles. The van der Waals surface area contributed by atoms with Crippen LogP contribution in [0.15, 0.2) is 53.4 Å². The van der Waals surface area contributed by atoms with Crippen LogP contribution in [-0.4, -0.2) is 20.9 Å². The van der Waals surface area contributed by atoms with Gasteiger partial charge in [-0.15, -0.1) is 0 Å². The number of amides is 1. The molecule has 8 heteroatoms. The van der Waals surface area contributed by atoms with Crippen LogP contribution in [0.5, 0.6) is 0 Å². The molecule has 0 saturated heterocycles. The van der Waals surface area contributed by atoms with Gasteiger partial charge in [0.15, 0.2) is 0 Å². The molecule has 0 fully saturated rings. The summed E-state index contributed by atoms with van der Waals surface area (Å²) in [7, 11) is -3.84. The molecule has 0 aliphatic rings. The van der Waals surface area contributed by atoms with Crippen LogP contribution >= 0.6 is 23.2 Å². The minimum absolute atomic E-state index is 0.00852. The lowest BCUT2D eigenvalue weighted by Crippen LogP contribution is -2.32. The maximum atomic E-state index is 12.2. The van der Waals surface area contributed by atoms with Crippen molar-refractivity contribution >= 4 is 39.1 Å². The number of carbonyl (C=O) groups is 1. The number of halogens is 2. The first-order chi connectivity index (χ1) is 11.8. The predicted molar refractivity (Wildman–Crippen MR) is 99.3 cm³/mol. The summed E-state index contributed by atoms with van der Waals surface area (Å²) in [6, 6.07) is 13.5. The van der Waals surface area contributed by atoms with Crippen molar-refractivity contribution in [1.29, 1.82) is 0 Å². The minimum atomic E-state index is -3.84. The summed E-state index contributed by atoms with van der Waals surface area (Å²) in [5.74, 6) is -0.253. The molecule has 0 aromatic heterocycles. The Morgan fingerprint density at radius 3 is 2.48 bits per heavy atom. The van der Waals surface area contributed by atoms with Gasteiger partial charge in [0.05, 0.1) is 11.1 Å². The van der Waals surface area contributed by atoms with Crippen molar-refractivity contribution in [2.24, 2.45) is 0 Å². The monoisotopic (exact) mass is 400 g/mol. The van der Waals surface area contributed by atoms with E-state index in [0.29, 0.717) is 0 Å². The van der Waals surface area contributed by atoms with Crippen LogP contribution in [0, 0.1) is 0 Å². The van der Waals surface area contributed by atoms with Gasteiger partial charge >= 0.3 is 0 Å². The second kappa shape index (κ2) is 8.67. The Balaban J connectivity index is 1.89. The molecule has 0 aliphatic heterocycles. The number of rotatable bonds is 7. The summed E-state index contributed by atoms with van der Waals surface area (Å²) < 4.78 is 26.8. The zero-order chi connectivity index (χ0) is 18.4. The lowest BCUT2D eigenvalue weighted by Gasteiger charge is -2.14. The van der Waals surface area contributed by atoms with Crippen molar-refractivity contribution in [3.8, 4) is 0 Å². The van der Waals surface area contributed by atoms with E-state index in [0.717, 1.165) is 5.56 Å². The van der Waals surface area contributed by atoms with E-state index in [9.17, 15) is 13.2 Å². The third-order valence-corrected chi connectivity index (χ3v) is 5.68. The second-order valence-electron chi connectivity index (χ2n) is 5.42. The molecule has 2 aromatic rings. The summed E-state index contributed by atoms with van der Waals surface area (Å²) in [5.41, 5.74) is 0.974. The first kappa shape index (κ1) is 19.7. The number of sulfonamides is 1. The van der Waals surface area contributed by atoms with E-state index in [1.165, 1.54) is 18.2 Å². The number of nitrogens with one attached hydrogen (secondary N) is 2. The quantitative estimate of drug-likeness (QED) is 0.745. The van der Waals surface area contributed by atoms with Crippen LogP contribution in [0.4, 0.5) is 0 Å². The smallest absolute Gasteiger partial charge is 0.242 e. The van der Waals surface area contributed by atoms with E-state index in [4.69, 9.17) is 23.2 Å². The van der Waals surface area contributed by atoms with Crippen molar-refractivity contribution in [3.63, 3.8) is 0 Å². The highest BCUT2D eigenvalue weighted by Crippen LogP contribution is 2.24. The molecule has 25 heavy (non-hydrogen) atoms. The number of hydrogen-bond acceptors (Lipinski definition) is 3. The highest BCUT2D eigenvalue weighted by molar-refractivity contribution is 7.89. The van der Waals surface area contributed by atoms with Crippen molar-refractivity contribution in [3.05, 3.63) is 64.1 Å². The molecular formula is C17H18Cl2N2O3S. The number of benzene rings is 2. The first-order valence-electron chi connectivity index (χ1n) is 7.58. The van der Waals surface area contributed by atoms with Crippen molar-refractivity contribution < 1.29 is 13.2 Å². The lowest BCUT2D eigenvalue weighted by molar-refractivity contribution is -0.121. The first-order valence-corrected chi connectivity index (χ1v) is 9.82. The maximum absolute atomic E-state index is 12.2. The van der Waals surface area contributed by atoms with Gasteiger partial charge in [-0.1, -0.05) is 53.5 Å². The molecule has 5 nitrogen and oxygen atoms in total. The molecule has 2 rings (SSSR count). The normalized spacial score (nSPS) is 12.6. The van der Waals surface area contributed by atoms with Crippen LogP contribution in [0.25, 0.3) is 0 Å². The molecule has 2 aromatic carbocycles. The van der Waals surface area contributed by atoms with Crippen LogP contribution in [0.3, 0.4) is 0 Å². The average Bonchev–Trinajstić information content (AvgIpc) is 2.57. The summed E-state index contributed by atoms with van der Waals surface area (Å²) in [4.78, 5) is 11.9. The lowest BCUT2D eigenvalue weighted by atomic mass is 10.1. The Morgan fingerprint density at radius 1 is 1.12 bits per heavy atom. The Labute approximate surface area is 157 Å². The fourth-order valence-electron chi connectivity index (χ4n) is 2.20. The molecule has 0 aliphatic carbocycles. The van der Waals surface area contributed by atoms with Crippen LogP contribution < -0.4 is 10.0 Å². The average molecular weight is 401 g/mol. The van der Waals surface area contributed by atoms with Crippen LogP contribution in [-0.2, 0) is 14.8 Å². The van der Waals surface area contributed by atoms with Gasteiger partial charge < -0.3 is 5.32 Å². The van der Waals surface area contributed by atoms with Gasteiger partial charge in [-0.2, -0.15) is 0 Å². The van der Waals surface area contributed by atoms with Gasteiger partial charge in [0.2, 0.25) is 15.9 Å². The van der Waals surface area contributed by atoms with Gasteiger partial charge in [-0.3, -0.25) is 4.79 Å². The Hall–Kier alpha value is -1.60. The predicted octanol–water partition coefficient (Wildman–Crippen LogP) is 3.54. The Kier molecular flexibility index (Phi) is 6.84. The Bertz CT molecular complexity index is 842. The number of carbonyl (C=O) groups excluding carboxylic acids is 1. The summed E-state index contributed by atoms with van der Waals surface area (Å²) in [5, 5.41) is 3.15. The van der Waals surface area contributed by atoms with Crippen LogP contribution in [0.1, 0.15) is 24.9 Å². The largest absolute Gasteiger partial charge is 0.350 e. The third-order valence-electron chi connectivity index (χ3n) is 3.50. The fraction of sp³-hybridized carbons (Fsp3) is 0.235. The van der Waals surface area contributed by atoms with Gasteiger partial charge in [-0.25, -0.2) is 13.1 Å². The van der Waals surface area contributed by atoms with E-state index < -0.39 is 10.0 Å². The SMILES string of the molecule is CC(NC(=O)CCNS(=O)(=O)c1cc(Cl)ccc1Cl)c1ccccc1. The van der Waals surface area contributed by atoms with Gasteiger partial charge in [0.25, 0.3) is 0 Å². The second-order valence-corrected chi connectivity index (χ2v) is 8.00. The molecule has 1 unspecified atom stereocenters. The molecule has 0 saturated carbocycles. The molecule has 0 bridgehead atoms. The highest BCUT2D eigenvalue weighted by atomic mass is 35.5. The summed E-state index contributed by atoms with van der Waals surface area (Å²) >= 11 is 11.7. The van der Waals surface area contributed by atoms with E-state index in [1.54, 1.807) is 0 Å². The topological polar surface area (TPSA) is 75.3 Å². The summed E-state index contributed by atoms with van der Waals surface area (Å²) in [6.45, 7) is 1.82. The van der Waals surface area contributed by atoms with Crippen molar-refractivity contribution in [1.82, 2.24) is 10.0 Å². The van der Waals surface area contributed by atoms with E-state index in [2.05, 4.69) is 10.0 Å². The van der Waals surface area contributed by atoms with E-state index in [1.807, 2.05) is 37.3 Å². The standard InChI is InChI=1S/C17H18Cl2N2O3S/c1-12(13-5-3-2-4-6-13)21-17(22)9-10-20-25(23,24)16-11-14(18)7-8-15(16)19/h2-8,11-12,20H,9-10H2,1H3,(H,21,22). The zero-order valence-electron chi connectivity index (χ0n) is 13.5. The molecule has 2 N–H and O–H groups in total. The molecule has 1 atom stereocenters.